The van der Waals surface area contributed by atoms with E-state index in [0.717, 1.165) is 0 Å². The first-order chi connectivity index (χ1) is 3.98. The molecule has 0 rings (SSSR count). The van der Waals surface area contributed by atoms with E-state index in [4.69, 9.17) is 9.79 Å². The SMILES string of the molecule is O=[P+](O)OP(=O)(O)NBr. The highest BCUT2D eigenvalue weighted by atomic mass is 79.9. The average Bonchev–Trinajstić information content (AvgIpc) is 1.63. The second kappa shape index (κ2) is 3.73. The Balaban J connectivity index is 3.88. The minimum Gasteiger partial charge on any atom is -0.309 e. The molecule has 0 bridgehead atoms. The zero-order chi connectivity index (χ0) is 7.49. The lowest BCUT2D eigenvalue weighted by molar-refractivity contribution is 0.348. The lowest BCUT2D eigenvalue weighted by atomic mass is 13.9. The van der Waals surface area contributed by atoms with Crippen molar-refractivity contribution in [2.24, 2.45) is 0 Å². The molecule has 0 aliphatic heterocycles. The lowest BCUT2D eigenvalue weighted by Crippen LogP contribution is -1.93. The van der Waals surface area contributed by atoms with E-state index in [2.05, 4.69) is 20.5 Å². The summed E-state index contributed by atoms with van der Waals surface area (Å²) in [7, 11) is -7.15. The first-order valence-corrected chi connectivity index (χ1v) is 5.04. The zero-order valence-corrected chi connectivity index (χ0v) is 7.27. The normalized spacial score (nSPS) is 18.8. The molecule has 0 radical (unpaired) electrons. The monoisotopic (exact) mass is 238 g/mol. The van der Waals surface area contributed by atoms with Crippen molar-refractivity contribution in [3.63, 3.8) is 0 Å². The summed E-state index contributed by atoms with van der Waals surface area (Å²) in [4.78, 5) is 16.2. The fourth-order valence-corrected chi connectivity index (χ4v) is 1.57. The predicted molar refractivity (Wildman–Crippen MR) is 32.8 cm³/mol. The zero-order valence-electron chi connectivity index (χ0n) is 3.89. The van der Waals surface area contributed by atoms with Gasteiger partial charge in [-0.25, -0.2) is 4.57 Å². The Hall–Kier alpha value is 0.650. The van der Waals surface area contributed by atoms with Gasteiger partial charge >= 0.3 is 16.0 Å². The second-order valence-corrected chi connectivity index (χ2v) is 4.33. The highest BCUT2D eigenvalue weighted by molar-refractivity contribution is 9.08. The average molecular weight is 239 g/mol. The van der Waals surface area contributed by atoms with Gasteiger partial charge in [0.1, 0.15) is 0 Å². The molecule has 0 heterocycles. The van der Waals surface area contributed by atoms with Crippen LogP contribution in [-0.2, 0) is 13.4 Å². The molecule has 3 N–H and O–H groups in total. The molecule has 9 heteroatoms. The van der Waals surface area contributed by atoms with Crippen LogP contribution in [0.25, 0.3) is 0 Å². The number of nitrogens with one attached hydrogen (secondary N) is 1. The minimum absolute atomic E-state index is 1.63. The van der Waals surface area contributed by atoms with Gasteiger partial charge in [0, 0.05) is 20.7 Å². The van der Waals surface area contributed by atoms with Crippen molar-refractivity contribution >= 4 is 32.1 Å². The fraction of sp³-hybridized carbons (Fsp3) is 0. The van der Waals surface area contributed by atoms with Crippen LogP contribution < -0.4 is 4.11 Å². The standard InChI is InChI=1S/BrH2NO5P2/c1-2-9(5,6)7-8(3)4/h(H2-,2,3,4,5,6)/p+1. The van der Waals surface area contributed by atoms with E-state index in [1.165, 1.54) is 0 Å². The van der Waals surface area contributed by atoms with Gasteiger partial charge in [0.25, 0.3) is 0 Å². The fourth-order valence-electron chi connectivity index (χ4n) is 0.110. The van der Waals surface area contributed by atoms with Crippen molar-refractivity contribution in [3.8, 4) is 0 Å². The third-order valence-corrected chi connectivity index (χ3v) is 3.29. The van der Waals surface area contributed by atoms with Crippen LogP contribution in [0.2, 0.25) is 0 Å². The molecule has 2 atom stereocenters. The third kappa shape index (κ3) is 5.11. The summed E-state index contributed by atoms with van der Waals surface area (Å²) in [6, 6.07) is 0. The van der Waals surface area contributed by atoms with Crippen LogP contribution in [0.15, 0.2) is 0 Å². The minimum atomic E-state index is -4.10. The van der Waals surface area contributed by atoms with E-state index in [1.807, 2.05) is 0 Å². The Morgan fingerprint density at radius 1 is 1.78 bits per heavy atom. The van der Waals surface area contributed by atoms with Crippen LogP contribution >= 0.6 is 32.1 Å². The van der Waals surface area contributed by atoms with Crippen molar-refractivity contribution in [2.75, 3.05) is 0 Å². The van der Waals surface area contributed by atoms with Gasteiger partial charge in [-0.15, -0.1) is 4.89 Å². The first-order valence-electron chi connectivity index (χ1n) is 1.54. The molecular weight excluding hydrogens is 236 g/mol. The van der Waals surface area contributed by atoms with E-state index in [0.29, 0.717) is 0 Å². The smallest absolute Gasteiger partial charge is 0.309 e. The summed E-state index contributed by atoms with van der Waals surface area (Å²) in [5.41, 5.74) is 0. The van der Waals surface area contributed by atoms with E-state index in [9.17, 15) is 9.13 Å². The van der Waals surface area contributed by atoms with Gasteiger partial charge in [0.15, 0.2) is 0 Å². The Morgan fingerprint density at radius 3 is 2.33 bits per heavy atom. The Morgan fingerprint density at radius 2 is 2.22 bits per heavy atom. The predicted octanol–water partition coefficient (Wildman–Crippen LogP) is 0.653. The largest absolute Gasteiger partial charge is 0.704 e. The Labute approximate surface area is 60.1 Å². The van der Waals surface area contributed by atoms with E-state index in [1.54, 1.807) is 4.11 Å². The molecule has 0 saturated heterocycles. The van der Waals surface area contributed by atoms with Crippen LogP contribution in [0.3, 0.4) is 0 Å². The molecule has 0 aliphatic carbocycles. The van der Waals surface area contributed by atoms with Gasteiger partial charge in [-0.3, -0.25) is 0 Å². The van der Waals surface area contributed by atoms with E-state index >= 15 is 0 Å². The number of rotatable bonds is 3. The highest BCUT2D eigenvalue weighted by Gasteiger charge is 2.31. The molecule has 0 aliphatic rings. The maximum absolute atomic E-state index is 10.2. The van der Waals surface area contributed by atoms with Gasteiger partial charge in [0.2, 0.25) is 0 Å². The van der Waals surface area contributed by atoms with E-state index in [-0.39, 0.29) is 0 Å². The topological polar surface area (TPSA) is 95.9 Å². The molecule has 0 amide bonds. The summed E-state index contributed by atoms with van der Waals surface area (Å²) >= 11 is 2.37. The first kappa shape index (κ1) is 9.65. The Kier molecular flexibility index (Phi) is 4.00. The molecule has 2 unspecified atom stereocenters. The third-order valence-electron chi connectivity index (χ3n) is 0.287. The molecule has 0 aromatic rings. The van der Waals surface area contributed by atoms with Gasteiger partial charge < -0.3 is 4.89 Å². The second-order valence-electron chi connectivity index (χ2n) is 0.924. The summed E-state index contributed by atoms with van der Waals surface area (Å²) < 4.78 is 25.2. The molecule has 0 spiro atoms. The summed E-state index contributed by atoms with van der Waals surface area (Å²) in [5, 5.41) is 0. The van der Waals surface area contributed by atoms with Crippen LogP contribution in [0.5, 0.6) is 0 Å². The molecular formula is H3BrNO5P2+. The van der Waals surface area contributed by atoms with Gasteiger partial charge in [-0.2, -0.15) is 4.11 Å². The van der Waals surface area contributed by atoms with Crippen molar-refractivity contribution in [3.05, 3.63) is 0 Å². The molecule has 0 fully saturated rings. The number of halogens is 1. The van der Waals surface area contributed by atoms with Gasteiger partial charge in [-0.05, 0) is 4.31 Å². The van der Waals surface area contributed by atoms with Crippen molar-refractivity contribution in [2.45, 2.75) is 0 Å². The quantitative estimate of drug-likeness (QED) is 0.494. The molecule has 0 aromatic carbocycles. The van der Waals surface area contributed by atoms with Crippen molar-refractivity contribution in [1.82, 2.24) is 4.11 Å². The lowest BCUT2D eigenvalue weighted by Gasteiger charge is -1.94. The number of hydrogen-bond donors (Lipinski definition) is 3. The maximum Gasteiger partial charge on any atom is 0.704 e. The molecule has 9 heavy (non-hydrogen) atoms. The summed E-state index contributed by atoms with van der Waals surface area (Å²) in [5.74, 6) is 0. The van der Waals surface area contributed by atoms with Gasteiger partial charge in [-0.1, -0.05) is 0 Å². The maximum atomic E-state index is 10.2. The van der Waals surface area contributed by atoms with Gasteiger partial charge in [0.05, 0.1) is 0 Å². The van der Waals surface area contributed by atoms with Crippen molar-refractivity contribution in [1.29, 1.82) is 0 Å². The van der Waals surface area contributed by atoms with Crippen LogP contribution in [0.1, 0.15) is 0 Å². The van der Waals surface area contributed by atoms with Crippen LogP contribution in [0.4, 0.5) is 0 Å². The molecule has 0 saturated carbocycles. The number of hydrogen-bond acceptors (Lipinski definition) is 3. The molecule has 6 nitrogen and oxygen atoms in total. The highest BCUT2D eigenvalue weighted by Crippen LogP contribution is 2.46. The summed E-state index contributed by atoms with van der Waals surface area (Å²) in [6.07, 6.45) is 0. The van der Waals surface area contributed by atoms with Crippen molar-refractivity contribution < 1.29 is 23.2 Å². The molecule has 0 aromatic heterocycles. The van der Waals surface area contributed by atoms with Crippen LogP contribution in [-0.4, -0.2) is 9.79 Å². The molecule has 54 valence electrons. The Bertz CT molecular complexity index is 155. The van der Waals surface area contributed by atoms with E-state index < -0.39 is 16.0 Å². The summed E-state index contributed by atoms with van der Waals surface area (Å²) in [6.45, 7) is 0. The van der Waals surface area contributed by atoms with Crippen LogP contribution in [0, 0.1) is 0 Å².